The van der Waals surface area contributed by atoms with Crippen LogP contribution in [0.5, 0.6) is 0 Å². The maximum absolute atomic E-state index is 13.6. The molecule has 0 aliphatic heterocycles. The van der Waals surface area contributed by atoms with E-state index in [-0.39, 0.29) is 36.1 Å². The molecular formula is C20H23F2IN4. The number of rotatable bonds is 6. The summed E-state index contributed by atoms with van der Waals surface area (Å²) < 4.78 is 26.9. The van der Waals surface area contributed by atoms with E-state index < -0.39 is 11.6 Å². The lowest BCUT2D eigenvalue weighted by Crippen LogP contribution is -2.37. The van der Waals surface area contributed by atoms with Gasteiger partial charge in [-0.15, -0.1) is 24.0 Å². The molecule has 0 bridgehead atoms. The maximum atomic E-state index is 13.6. The Morgan fingerprint density at radius 3 is 2.70 bits per heavy atom. The average molecular weight is 484 g/mol. The maximum Gasteiger partial charge on any atom is 0.191 e. The molecule has 0 fully saturated rings. The van der Waals surface area contributed by atoms with Gasteiger partial charge in [-0.1, -0.05) is 18.2 Å². The molecule has 144 valence electrons. The fraction of sp³-hybridized carbons (Fsp3) is 0.250. The van der Waals surface area contributed by atoms with E-state index in [2.05, 4.69) is 32.7 Å². The first-order valence-electron chi connectivity index (χ1n) is 8.61. The highest BCUT2D eigenvalue weighted by molar-refractivity contribution is 14.0. The fourth-order valence-corrected chi connectivity index (χ4v) is 2.90. The minimum atomic E-state index is -0.454. The van der Waals surface area contributed by atoms with Crippen molar-refractivity contribution in [3.8, 4) is 0 Å². The van der Waals surface area contributed by atoms with Gasteiger partial charge in [-0.25, -0.2) is 8.78 Å². The Balaban J connectivity index is 0.00000261. The van der Waals surface area contributed by atoms with Gasteiger partial charge in [0.25, 0.3) is 0 Å². The highest BCUT2D eigenvalue weighted by Crippen LogP contribution is 2.18. The Morgan fingerprint density at radius 2 is 1.89 bits per heavy atom. The molecule has 1 heterocycles. The molecule has 0 unspecified atom stereocenters. The summed E-state index contributed by atoms with van der Waals surface area (Å²) in [6, 6.07) is 11.7. The number of aryl methyl sites for hydroxylation is 1. The minimum Gasteiger partial charge on any atom is -0.361 e. The molecule has 4 nitrogen and oxygen atoms in total. The van der Waals surface area contributed by atoms with E-state index in [0.717, 1.165) is 37.0 Å². The van der Waals surface area contributed by atoms with Crippen LogP contribution in [0.3, 0.4) is 0 Å². The number of H-pyrrole nitrogens is 1. The van der Waals surface area contributed by atoms with Gasteiger partial charge in [-0.05, 0) is 42.7 Å². The summed E-state index contributed by atoms with van der Waals surface area (Å²) in [5.41, 5.74) is 2.70. The summed E-state index contributed by atoms with van der Waals surface area (Å²) in [7, 11) is 1.65. The summed E-state index contributed by atoms with van der Waals surface area (Å²) in [6.07, 6.45) is 3.91. The van der Waals surface area contributed by atoms with Crippen LogP contribution >= 0.6 is 24.0 Å². The van der Waals surface area contributed by atoms with E-state index in [1.807, 2.05) is 18.3 Å². The van der Waals surface area contributed by atoms with Gasteiger partial charge in [0.15, 0.2) is 5.96 Å². The van der Waals surface area contributed by atoms with E-state index >= 15 is 0 Å². The van der Waals surface area contributed by atoms with E-state index in [9.17, 15) is 8.78 Å². The first-order chi connectivity index (χ1) is 12.7. The number of benzene rings is 2. The zero-order valence-corrected chi connectivity index (χ0v) is 17.4. The summed E-state index contributed by atoms with van der Waals surface area (Å²) >= 11 is 0. The average Bonchev–Trinajstić information content (AvgIpc) is 3.07. The van der Waals surface area contributed by atoms with Crippen molar-refractivity contribution in [1.29, 1.82) is 0 Å². The van der Waals surface area contributed by atoms with Crippen molar-refractivity contribution in [2.24, 2.45) is 4.99 Å². The van der Waals surface area contributed by atoms with Crippen LogP contribution in [-0.2, 0) is 13.0 Å². The second-order valence-corrected chi connectivity index (χ2v) is 6.05. The van der Waals surface area contributed by atoms with E-state index in [1.165, 1.54) is 17.0 Å². The van der Waals surface area contributed by atoms with Gasteiger partial charge in [-0.2, -0.15) is 0 Å². The van der Waals surface area contributed by atoms with Crippen molar-refractivity contribution in [1.82, 2.24) is 15.6 Å². The lowest BCUT2D eigenvalue weighted by molar-refractivity contribution is 0.581. The van der Waals surface area contributed by atoms with Crippen LogP contribution in [0.15, 0.2) is 53.7 Å². The van der Waals surface area contributed by atoms with E-state index in [1.54, 1.807) is 7.05 Å². The minimum absolute atomic E-state index is 0. The number of aromatic nitrogens is 1. The smallest absolute Gasteiger partial charge is 0.191 e. The Bertz CT molecular complexity index is 908. The van der Waals surface area contributed by atoms with Crippen molar-refractivity contribution in [2.75, 3.05) is 13.6 Å². The van der Waals surface area contributed by atoms with Crippen molar-refractivity contribution in [3.05, 3.63) is 71.4 Å². The molecule has 0 aliphatic carbocycles. The van der Waals surface area contributed by atoms with Crippen LogP contribution in [0.1, 0.15) is 17.5 Å². The molecule has 27 heavy (non-hydrogen) atoms. The molecule has 0 aliphatic rings. The van der Waals surface area contributed by atoms with Crippen LogP contribution in [0.4, 0.5) is 8.78 Å². The number of nitrogens with one attached hydrogen (secondary N) is 3. The quantitative estimate of drug-likeness (QED) is 0.211. The van der Waals surface area contributed by atoms with Crippen LogP contribution in [0.25, 0.3) is 10.9 Å². The Kier molecular flexibility index (Phi) is 8.02. The Morgan fingerprint density at radius 1 is 1.07 bits per heavy atom. The predicted molar refractivity (Wildman–Crippen MR) is 117 cm³/mol. The van der Waals surface area contributed by atoms with Crippen molar-refractivity contribution in [2.45, 2.75) is 19.4 Å². The number of nitrogens with zero attached hydrogens (tertiary/aromatic N) is 1. The van der Waals surface area contributed by atoms with Crippen molar-refractivity contribution < 1.29 is 8.78 Å². The van der Waals surface area contributed by atoms with Crippen molar-refractivity contribution >= 4 is 40.8 Å². The van der Waals surface area contributed by atoms with Gasteiger partial charge < -0.3 is 15.6 Å². The fourth-order valence-electron chi connectivity index (χ4n) is 2.90. The molecule has 0 saturated carbocycles. The number of guanidine groups is 1. The van der Waals surface area contributed by atoms with Crippen molar-refractivity contribution in [3.63, 3.8) is 0 Å². The van der Waals surface area contributed by atoms with Gasteiger partial charge in [0.1, 0.15) is 11.6 Å². The third-order valence-electron chi connectivity index (χ3n) is 4.27. The Labute approximate surface area is 174 Å². The largest absolute Gasteiger partial charge is 0.361 e. The van der Waals surface area contributed by atoms with Gasteiger partial charge in [0.05, 0.1) is 0 Å². The summed E-state index contributed by atoms with van der Waals surface area (Å²) in [6.45, 7) is 0.899. The molecular weight excluding hydrogens is 461 g/mol. The third-order valence-corrected chi connectivity index (χ3v) is 4.27. The third kappa shape index (κ3) is 5.66. The highest BCUT2D eigenvalue weighted by atomic mass is 127. The molecule has 2 aromatic carbocycles. The second kappa shape index (κ2) is 10.2. The molecule has 0 radical (unpaired) electrons. The number of aromatic amines is 1. The van der Waals surface area contributed by atoms with Gasteiger partial charge in [0, 0.05) is 42.8 Å². The molecule has 3 aromatic rings. The number of fused-ring (bicyclic) bond motifs is 1. The van der Waals surface area contributed by atoms with Crippen LogP contribution < -0.4 is 10.6 Å². The molecule has 7 heteroatoms. The van der Waals surface area contributed by atoms with Crippen LogP contribution in [0.2, 0.25) is 0 Å². The number of hydrogen-bond acceptors (Lipinski definition) is 1. The molecule has 0 amide bonds. The number of halogens is 3. The normalized spacial score (nSPS) is 11.3. The van der Waals surface area contributed by atoms with Crippen LogP contribution in [-0.4, -0.2) is 24.5 Å². The molecule has 3 rings (SSSR count). The summed E-state index contributed by atoms with van der Waals surface area (Å²) in [5.74, 6) is -0.328. The highest BCUT2D eigenvalue weighted by Gasteiger charge is 2.06. The monoisotopic (exact) mass is 484 g/mol. The molecule has 0 atom stereocenters. The van der Waals surface area contributed by atoms with Crippen LogP contribution in [0, 0.1) is 11.6 Å². The summed E-state index contributed by atoms with van der Waals surface area (Å²) in [5, 5.41) is 7.45. The number of aliphatic imine (C=N–C) groups is 1. The zero-order valence-electron chi connectivity index (χ0n) is 15.1. The zero-order chi connectivity index (χ0) is 18.4. The predicted octanol–water partition coefficient (Wildman–Crippen LogP) is 4.36. The lowest BCUT2D eigenvalue weighted by atomic mass is 10.1. The molecule has 0 spiro atoms. The molecule has 1 aromatic heterocycles. The number of hydrogen-bond donors (Lipinski definition) is 3. The van der Waals surface area contributed by atoms with Gasteiger partial charge in [0.2, 0.25) is 0 Å². The molecule has 0 saturated heterocycles. The topological polar surface area (TPSA) is 52.2 Å². The summed E-state index contributed by atoms with van der Waals surface area (Å²) in [4.78, 5) is 7.39. The Hall–Kier alpha value is -2.16. The molecule has 3 N–H and O–H groups in total. The second-order valence-electron chi connectivity index (χ2n) is 6.05. The SMILES string of the molecule is CN=C(NCCCc1c[nH]c2ccccc12)NCc1cc(F)ccc1F.I. The van der Waals surface area contributed by atoms with Gasteiger partial charge >= 0.3 is 0 Å². The van der Waals surface area contributed by atoms with E-state index in [0.29, 0.717) is 5.96 Å². The van der Waals surface area contributed by atoms with E-state index in [4.69, 9.17) is 0 Å². The first kappa shape index (κ1) is 21.1. The number of para-hydroxylation sites is 1. The first-order valence-corrected chi connectivity index (χ1v) is 8.61. The van der Waals surface area contributed by atoms with Gasteiger partial charge in [-0.3, -0.25) is 4.99 Å². The standard InChI is InChI=1S/C20H22F2N4.HI/c1-23-20(26-13-15-11-16(21)8-9-18(15)22)24-10-4-5-14-12-25-19-7-3-2-6-17(14)19;/h2-3,6-9,11-12,25H,4-5,10,13H2,1H3,(H2,23,24,26);1H. The lowest BCUT2D eigenvalue weighted by Gasteiger charge is -2.12.